The Morgan fingerprint density at radius 2 is 1.92 bits per heavy atom. The summed E-state index contributed by atoms with van der Waals surface area (Å²) < 4.78 is 5.28. The van der Waals surface area contributed by atoms with Crippen molar-refractivity contribution in [3.05, 3.63) is 33.8 Å². The van der Waals surface area contributed by atoms with Crippen LogP contribution in [-0.4, -0.2) is 5.44 Å². The highest BCUT2D eigenvalue weighted by atomic mass is 35.5. The SMILES string of the molecule is C[C@H](S)OCc1c(Cl)cccc1Cl. The molecule has 4 heteroatoms. The predicted octanol–water partition coefficient (Wildman–Crippen LogP) is 3.79. The summed E-state index contributed by atoms with van der Waals surface area (Å²) in [6, 6.07) is 5.38. The van der Waals surface area contributed by atoms with Crippen molar-refractivity contribution in [3.63, 3.8) is 0 Å². The van der Waals surface area contributed by atoms with Crippen LogP contribution in [0.25, 0.3) is 0 Å². The molecule has 0 saturated heterocycles. The number of hydrogen-bond donors (Lipinski definition) is 1. The van der Waals surface area contributed by atoms with Crippen molar-refractivity contribution in [2.24, 2.45) is 0 Å². The summed E-state index contributed by atoms with van der Waals surface area (Å²) in [7, 11) is 0. The first-order valence-corrected chi connectivity index (χ1v) is 5.11. The Balaban J connectivity index is 2.75. The molecule has 0 aromatic heterocycles. The minimum Gasteiger partial charge on any atom is -0.363 e. The first kappa shape index (κ1) is 11.2. The molecule has 0 radical (unpaired) electrons. The first-order chi connectivity index (χ1) is 6.11. The van der Waals surface area contributed by atoms with Gasteiger partial charge in [-0.2, -0.15) is 0 Å². The molecule has 0 bridgehead atoms. The van der Waals surface area contributed by atoms with E-state index in [9.17, 15) is 0 Å². The topological polar surface area (TPSA) is 9.23 Å². The molecule has 13 heavy (non-hydrogen) atoms. The van der Waals surface area contributed by atoms with E-state index in [1.54, 1.807) is 18.2 Å². The van der Waals surface area contributed by atoms with Gasteiger partial charge in [0, 0.05) is 15.6 Å². The van der Waals surface area contributed by atoms with Crippen molar-refractivity contribution in [1.29, 1.82) is 0 Å². The van der Waals surface area contributed by atoms with Gasteiger partial charge >= 0.3 is 0 Å². The third kappa shape index (κ3) is 3.39. The summed E-state index contributed by atoms with van der Waals surface area (Å²) in [5, 5.41) is 1.25. The van der Waals surface area contributed by atoms with Crippen LogP contribution >= 0.6 is 35.8 Å². The van der Waals surface area contributed by atoms with E-state index in [0.717, 1.165) is 5.56 Å². The van der Waals surface area contributed by atoms with Crippen LogP contribution in [0.15, 0.2) is 18.2 Å². The van der Waals surface area contributed by atoms with Gasteiger partial charge in [-0.25, -0.2) is 0 Å². The average Bonchev–Trinajstić information content (AvgIpc) is 2.03. The van der Waals surface area contributed by atoms with Gasteiger partial charge in [-0.1, -0.05) is 29.3 Å². The maximum Gasteiger partial charge on any atom is 0.0975 e. The van der Waals surface area contributed by atoms with Crippen LogP contribution in [0.4, 0.5) is 0 Å². The van der Waals surface area contributed by atoms with Gasteiger partial charge in [0.1, 0.15) is 0 Å². The molecule has 0 aliphatic rings. The van der Waals surface area contributed by atoms with Gasteiger partial charge in [-0.05, 0) is 19.1 Å². The highest BCUT2D eigenvalue weighted by molar-refractivity contribution is 7.80. The van der Waals surface area contributed by atoms with Crippen LogP contribution in [0.3, 0.4) is 0 Å². The molecular formula is C9H10Cl2OS. The monoisotopic (exact) mass is 236 g/mol. The van der Waals surface area contributed by atoms with Crippen LogP contribution in [0, 0.1) is 0 Å². The molecule has 1 nitrogen and oxygen atoms in total. The van der Waals surface area contributed by atoms with E-state index in [1.165, 1.54) is 0 Å². The van der Waals surface area contributed by atoms with Crippen molar-refractivity contribution in [3.8, 4) is 0 Å². The molecule has 1 aromatic carbocycles. The summed E-state index contributed by atoms with van der Waals surface area (Å²) >= 11 is 15.9. The van der Waals surface area contributed by atoms with Gasteiger partial charge in [-0.15, -0.1) is 12.6 Å². The number of hydrogen-bond acceptors (Lipinski definition) is 2. The van der Waals surface area contributed by atoms with Gasteiger partial charge in [0.2, 0.25) is 0 Å². The van der Waals surface area contributed by atoms with Gasteiger partial charge in [-0.3, -0.25) is 0 Å². The van der Waals surface area contributed by atoms with Crippen LogP contribution in [0.2, 0.25) is 10.0 Å². The molecule has 0 heterocycles. The number of thiol groups is 1. The molecule has 0 saturated carbocycles. The second kappa shape index (κ2) is 5.11. The summed E-state index contributed by atoms with van der Waals surface area (Å²) in [4.78, 5) is 0. The zero-order valence-corrected chi connectivity index (χ0v) is 9.53. The molecule has 0 aliphatic heterocycles. The fraction of sp³-hybridized carbons (Fsp3) is 0.333. The molecular weight excluding hydrogens is 227 g/mol. The maximum absolute atomic E-state index is 5.92. The highest BCUT2D eigenvalue weighted by Gasteiger charge is 2.05. The predicted molar refractivity (Wildman–Crippen MR) is 59.7 cm³/mol. The average molecular weight is 237 g/mol. The van der Waals surface area contributed by atoms with Crippen molar-refractivity contribution < 1.29 is 4.74 Å². The fourth-order valence-electron chi connectivity index (χ4n) is 0.874. The summed E-state index contributed by atoms with van der Waals surface area (Å²) in [6.07, 6.45) is 0. The van der Waals surface area contributed by atoms with Crippen LogP contribution in [0.5, 0.6) is 0 Å². The summed E-state index contributed by atoms with van der Waals surface area (Å²) in [5.74, 6) is 0. The van der Waals surface area contributed by atoms with E-state index >= 15 is 0 Å². The molecule has 1 rings (SSSR count). The fourth-order valence-corrected chi connectivity index (χ4v) is 1.46. The van der Waals surface area contributed by atoms with Gasteiger partial charge in [0.05, 0.1) is 12.0 Å². The quantitative estimate of drug-likeness (QED) is 0.621. The van der Waals surface area contributed by atoms with E-state index < -0.39 is 0 Å². The molecule has 1 aromatic rings. The van der Waals surface area contributed by atoms with Gasteiger partial charge < -0.3 is 4.74 Å². The second-order valence-corrected chi connectivity index (χ2v) is 4.15. The molecule has 72 valence electrons. The lowest BCUT2D eigenvalue weighted by Gasteiger charge is -2.09. The smallest absolute Gasteiger partial charge is 0.0975 e. The number of halogens is 2. The number of ether oxygens (including phenoxy) is 1. The largest absolute Gasteiger partial charge is 0.363 e. The highest BCUT2D eigenvalue weighted by Crippen LogP contribution is 2.25. The van der Waals surface area contributed by atoms with Gasteiger partial charge in [0.25, 0.3) is 0 Å². The van der Waals surface area contributed by atoms with Crippen LogP contribution in [0.1, 0.15) is 12.5 Å². The molecule has 0 amide bonds. The van der Waals surface area contributed by atoms with E-state index in [1.807, 2.05) is 6.92 Å². The molecule has 0 aliphatic carbocycles. The summed E-state index contributed by atoms with van der Waals surface area (Å²) in [5.41, 5.74) is 0.694. The third-order valence-electron chi connectivity index (χ3n) is 1.53. The Kier molecular flexibility index (Phi) is 4.39. The van der Waals surface area contributed by atoms with Crippen molar-refractivity contribution >= 4 is 35.8 Å². The molecule has 0 fully saturated rings. The lowest BCUT2D eigenvalue weighted by atomic mass is 10.2. The minimum atomic E-state index is -0.118. The maximum atomic E-state index is 5.92. The second-order valence-electron chi connectivity index (χ2n) is 2.61. The zero-order valence-electron chi connectivity index (χ0n) is 7.13. The van der Waals surface area contributed by atoms with Crippen molar-refractivity contribution in [2.75, 3.05) is 0 Å². The van der Waals surface area contributed by atoms with Crippen LogP contribution < -0.4 is 0 Å². The normalized spacial score (nSPS) is 12.9. The molecule has 0 N–H and O–H groups in total. The third-order valence-corrected chi connectivity index (χ3v) is 2.39. The first-order valence-electron chi connectivity index (χ1n) is 3.84. The molecule has 1 atom stereocenters. The number of benzene rings is 1. The molecule has 0 unspecified atom stereocenters. The minimum absolute atomic E-state index is 0.118. The van der Waals surface area contributed by atoms with Crippen molar-refractivity contribution in [1.82, 2.24) is 0 Å². The number of rotatable bonds is 3. The Labute approximate surface area is 93.4 Å². The standard InChI is InChI=1S/C9H10Cl2OS/c1-6(13)12-5-7-8(10)3-2-4-9(7)11/h2-4,6,13H,5H2,1H3/t6-/m0/s1. The van der Waals surface area contributed by atoms with Crippen LogP contribution in [-0.2, 0) is 11.3 Å². The van der Waals surface area contributed by atoms with E-state index in [2.05, 4.69) is 12.6 Å². The van der Waals surface area contributed by atoms with E-state index in [4.69, 9.17) is 27.9 Å². The Bertz CT molecular complexity index is 269. The lowest BCUT2D eigenvalue weighted by molar-refractivity contribution is 0.112. The Morgan fingerprint density at radius 3 is 2.38 bits per heavy atom. The lowest BCUT2D eigenvalue weighted by Crippen LogP contribution is -2.00. The van der Waals surface area contributed by atoms with Gasteiger partial charge in [0.15, 0.2) is 0 Å². The van der Waals surface area contributed by atoms with E-state index in [-0.39, 0.29) is 5.44 Å². The van der Waals surface area contributed by atoms with E-state index in [0.29, 0.717) is 16.7 Å². The zero-order chi connectivity index (χ0) is 9.84. The Hall–Kier alpha value is 0.110. The summed E-state index contributed by atoms with van der Waals surface area (Å²) in [6.45, 7) is 2.23. The van der Waals surface area contributed by atoms with Crippen molar-refractivity contribution in [2.45, 2.75) is 19.0 Å². The Morgan fingerprint density at radius 1 is 1.38 bits per heavy atom. The molecule has 0 spiro atoms.